The third-order valence-corrected chi connectivity index (χ3v) is 3.26. The maximum Gasteiger partial charge on any atom is 0.319 e. The van der Waals surface area contributed by atoms with Gasteiger partial charge in [0.2, 0.25) is 0 Å². The summed E-state index contributed by atoms with van der Waals surface area (Å²) in [4.78, 5) is 11.7. The van der Waals surface area contributed by atoms with E-state index in [4.69, 9.17) is 4.74 Å². The molecule has 2 aromatic rings. The molecule has 0 radical (unpaired) electrons. The number of carbonyl (C=O) groups excluding carboxylic acids is 1. The average Bonchev–Trinajstić information content (AvgIpc) is 3.02. The molecule has 1 aromatic heterocycles. The summed E-state index contributed by atoms with van der Waals surface area (Å²) in [6, 6.07) is 7.28. The molecular weight excluding hydrogens is 288 g/mol. The summed E-state index contributed by atoms with van der Waals surface area (Å²) in [5.41, 5.74) is 2.56. The van der Waals surface area contributed by atoms with Crippen molar-refractivity contribution in [2.75, 3.05) is 25.1 Å². The summed E-state index contributed by atoms with van der Waals surface area (Å²) in [5, 5.41) is 11.4. The van der Waals surface area contributed by atoms with Gasteiger partial charge in [0.25, 0.3) is 0 Å². The summed E-state index contributed by atoms with van der Waals surface area (Å²) in [6.07, 6.45) is 0.803. The van der Waals surface area contributed by atoms with E-state index in [0.29, 0.717) is 19.8 Å². The zero-order chi connectivity index (χ0) is 14.9. The Balaban J connectivity index is 1.76. The van der Waals surface area contributed by atoms with Crippen LogP contribution in [-0.2, 0) is 4.74 Å². The lowest BCUT2D eigenvalue weighted by atomic mass is 10.1. The van der Waals surface area contributed by atoms with Crippen molar-refractivity contribution in [2.45, 2.75) is 13.3 Å². The van der Waals surface area contributed by atoms with Crippen molar-refractivity contribution in [3.63, 3.8) is 0 Å². The number of nitrogens with one attached hydrogen (secondary N) is 2. The Kier molecular flexibility index (Phi) is 6.11. The maximum atomic E-state index is 11.7. The van der Waals surface area contributed by atoms with Crippen LogP contribution in [-0.4, -0.2) is 35.4 Å². The number of hydrogen-bond acceptors (Lipinski definition) is 5. The SMILES string of the molecule is CCOCCCNC(=O)Nc1ccc(-c2csnn2)cc1. The van der Waals surface area contributed by atoms with Crippen LogP contribution in [0.25, 0.3) is 11.3 Å². The van der Waals surface area contributed by atoms with Crippen molar-refractivity contribution in [1.82, 2.24) is 14.9 Å². The Bertz CT molecular complexity index is 543. The molecule has 0 fully saturated rings. The molecule has 1 heterocycles. The Morgan fingerprint density at radius 2 is 2.14 bits per heavy atom. The van der Waals surface area contributed by atoms with Gasteiger partial charge in [0.1, 0.15) is 5.69 Å². The molecule has 2 N–H and O–H groups in total. The van der Waals surface area contributed by atoms with Crippen molar-refractivity contribution in [1.29, 1.82) is 0 Å². The third kappa shape index (κ3) is 5.13. The second kappa shape index (κ2) is 8.33. The number of benzene rings is 1. The van der Waals surface area contributed by atoms with Crippen molar-refractivity contribution >= 4 is 23.3 Å². The van der Waals surface area contributed by atoms with Gasteiger partial charge in [-0.3, -0.25) is 0 Å². The van der Waals surface area contributed by atoms with Crippen molar-refractivity contribution in [3.05, 3.63) is 29.6 Å². The molecule has 2 rings (SSSR count). The summed E-state index contributed by atoms with van der Waals surface area (Å²) < 4.78 is 9.03. The third-order valence-electron chi connectivity index (χ3n) is 2.75. The molecule has 1 aromatic carbocycles. The van der Waals surface area contributed by atoms with E-state index in [0.717, 1.165) is 23.4 Å². The number of nitrogens with zero attached hydrogens (tertiary/aromatic N) is 2. The van der Waals surface area contributed by atoms with Crippen LogP contribution < -0.4 is 10.6 Å². The molecule has 0 spiro atoms. The number of rotatable bonds is 7. The van der Waals surface area contributed by atoms with Crippen LogP contribution >= 0.6 is 11.5 Å². The zero-order valence-corrected chi connectivity index (χ0v) is 12.7. The highest BCUT2D eigenvalue weighted by Crippen LogP contribution is 2.19. The van der Waals surface area contributed by atoms with Crippen LogP contribution in [0.3, 0.4) is 0 Å². The molecule has 0 bridgehead atoms. The molecule has 0 aliphatic heterocycles. The summed E-state index contributed by atoms with van der Waals surface area (Å²) in [6.45, 7) is 3.90. The molecule has 0 saturated heterocycles. The number of aromatic nitrogens is 2. The monoisotopic (exact) mass is 306 g/mol. The molecule has 0 saturated carbocycles. The first-order chi connectivity index (χ1) is 10.3. The van der Waals surface area contributed by atoms with E-state index < -0.39 is 0 Å². The van der Waals surface area contributed by atoms with E-state index in [1.54, 1.807) is 0 Å². The lowest BCUT2D eigenvalue weighted by Gasteiger charge is -2.08. The van der Waals surface area contributed by atoms with Crippen molar-refractivity contribution in [3.8, 4) is 11.3 Å². The highest BCUT2D eigenvalue weighted by atomic mass is 32.1. The summed E-state index contributed by atoms with van der Waals surface area (Å²) >= 11 is 1.31. The van der Waals surface area contributed by atoms with Gasteiger partial charge in [-0.2, -0.15) is 0 Å². The topological polar surface area (TPSA) is 76.1 Å². The van der Waals surface area contributed by atoms with E-state index in [1.165, 1.54) is 11.5 Å². The minimum Gasteiger partial charge on any atom is -0.382 e. The molecule has 0 aliphatic rings. The van der Waals surface area contributed by atoms with E-state index in [9.17, 15) is 4.79 Å². The zero-order valence-electron chi connectivity index (χ0n) is 11.8. The van der Waals surface area contributed by atoms with E-state index in [1.807, 2.05) is 36.6 Å². The maximum absolute atomic E-state index is 11.7. The van der Waals surface area contributed by atoms with E-state index >= 15 is 0 Å². The van der Waals surface area contributed by atoms with Crippen LogP contribution in [0.2, 0.25) is 0 Å². The van der Waals surface area contributed by atoms with Gasteiger partial charge < -0.3 is 15.4 Å². The van der Waals surface area contributed by atoms with Crippen LogP contribution in [0, 0.1) is 0 Å². The van der Waals surface area contributed by atoms with Gasteiger partial charge in [-0.05, 0) is 37.0 Å². The summed E-state index contributed by atoms with van der Waals surface area (Å²) in [7, 11) is 0. The Morgan fingerprint density at radius 3 is 2.81 bits per heavy atom. The molecule has 0 unspecified atom stereocenters. The number of urea groups is 1. The fourth-order valence-electron chi connectivity index (χ4n) is 1.71. The fourth-order valence-corrected chi connectivity index (χ4v) is 2.18. The molecular formula is C14H18N4O2S. The molecule has 0 aliphatic carbocycles. The average molecular weight is 306 g/mol. The fraction of sp³-hybridized carbons (Fsp3) is 0.357. The number of hydrogen-bond donors (Lipinski definition) is 2. The van der Waals surface area contributed by atoms with Crippen molar-refractivity contribution in [2.24, 2.45) is 0 Å². The first-order valence-electron chi connectivity index (χ1n) is 6.79. The minimum absolute atomic E-state index is 0.213. The van der Waals surface area contributed by atoms with Crippen LogP contribution in [0.5, 0.6) is 0 Å². The summed E-state index contributed by atoms with van der Waals surface area (Å²) in [5.74, 6) is 0. The van der Waals surface area contributed by atoms with E-state index in [-0.39, 0.29) is 6.03 Å². The molecule has 21 heavy (non-hydrogen) atoms. The molecule has 7 heteroatoms. The van der Waals surface area contributed by atoms with Crippen molar-refractivity contribution < 1.29 is 9.53 Å². The Labute approximate surface area is 127 Å². The van der Waals surface area contributed by atoms with Gasteiger partial charge in [-0.25, -0.2) is 4.79 Å². The number of anilines is 1. The number of amides is 2. The molecule has 112 valence electrons. The standard InChI is InChI=1S/C14H18N4O2S/c1-2-20-9-3-8-15-14(19)16-12-6-4-11(5-7-12)13-10-21-18-17-13/h4-7,10H,2-3,8-9H2,1H3,(H2,15,16,19). The first kappa shape index (κ1) is 15.4. The molecule has 6 nitrogen and oxygen atoms in total. The predicted molar refractivity (Wildman–Crippen MR) is 83.5 cm³/mol. The largest absolute Gasteiger partial charge is 0.382 e. The normalized spacial score (nSPS) is 10.3. The van der Waals surface area contributed by atoms with Crippen LogP contribution in [0.15, 0.2) is 29.6 Å². The smallest absolute Gasteiger partial charge is 0.319 e. The van der Waals surface area contributed by atoms with E-state index in [2.05, 4.69) is 20.2 Å². The second-order valence-electron chi connectivity index (χ2n) is 4.30. The van der Waals surface area contributed by atoms with Gasteiger partial charge in [0.05, 0.1) is 0 Å². The highest BCUT2D eigenvalue weighted by molar-refractivity contribution is 7.03. The van der Waals surface area contributed by atoms with Gasteiger partial charge in [0, 0.05) is 36.4 Å². The van der Waals surface area contributed by atoms with Gasteiger partial charge in [-0.1, -0.05) is 16.6 Å². The molecule has 0 atom stereocenters. The Morgan fingerprint density at radius 1 is 1.33 bits per heavy atom. The quantitative estimate of drug-likeness (QED) is 0.771. The number of ether oxygens (including phenoxy) is 1. The first-order valence-corrected chi connectivity index (χ1v) is 7.63. The minimum atomic E-state index is -0.213. The predicted octanol–water partition coefficient (Wildman–Crippen LogP) is 2.75. The molecule has 2 amide bonds. The second-order valence-corrected chi connectivity index (χ2v) is 4.91. The van der Waals surface area contributed by atoms with Crippen LogP contribution in [0.4, 0.5) is 10.5 Å². The van der Waals surface area contributed by atoms with Gasteiger partial charge in [0.15, 0.2) is 0 Å². The van der Waals surface area contributed by atoms with Gasteiger partial charge in [-0.15, -0.1) is 5.10 Å². The number of carbonyl (C=O) groups is 1. The lowest BCUT2D eigenvalue weighted by molar-refractivity contribution is 0.145. The van der Waals surface area contributed by atoms with Crippen LogP contribution in [0.1, 0.15) is 13.3 Å². The Hall–Kier alpha value is -1.99. The lowest BCUT2D eigenvalue weighted by Crippen LogP contribution is -2.30. The highest BCUT2D eigenvalue weighted by Gasteiger charge is 2.03. The van der Waals surface area contributed by atoms with Gasteiger partial charge >= 0.3 is 6.03 Å².